The second kappa shape index (κ2) is 1.70. The number of hydrogen-bond acceptors (Lipinski definition) is 2. The predicted octanol–water partition coefficient (Wildman–Crippen LogP) is -0.906. The number of rotatable bonds is 0. The summed E-state index contributed by atoms with van der Waals surface area (Å²) in [6, 6.07) is 0.499. The van der Waals surface area contributed by atoms with Gasteiger partial charge in [0.2, 0.25) is 5.91 Å². The second-order valence-corrected chi connectivity index (χ2v) is 2.70. The molecule has 50 valence electrons. The van der Waals surface area contributed by atoms with E-state index in [2.05, 4.69) is 10.6 Å². The van der Waals surface area contributed by atoms with Gasteiger partial charge in [-0.25, -0.2) is 0 Å². The van der Waals surface area contributed by atoms with Crippen molar-refractivity contribution in [3.8, 4) is 0 Å². The first-order chi connectivity index (χ1) is 4.38. The van der Waals surface area contributed by atoms with E-state index in [1.807, 2.05) is 0 Å². The number of fused-ring (bicyclic) bond motifs is 1. The highest BCUT2D eigenvalue weighted by Gasteiger charge is 2.38. The summed E-state index contributed by atoms with van der Waals surface area (Å²) in [7, 11) is 0. The molecular weight excluding hydrogens is 116 g/mol. The van der Waals surface area contributed by atoms with E-state index in [-0.39, 0.29) is 5.91 Å². The molecule has 2 N–H and O–H groups in total. The molecule has 3 heteroatoms. The highest BCUT2D eigenvalue weighted by atomic mass is 16.2. The summed E-state index contributed by atoms with van der Waals surface area (Å²) in [5.74, 6) is 0.531. The van der Waals surface area contributed by atoms with Crippen LogP contribution in [0.5, 0.6) is 0 Å². The van der Waals surface area contributed by atoms with Gasteiger partial charge in [0.15, 0.2) is 0 Å². The Labute approximate surface area is 53.8 Å². The van der Waals surface area contributed by atoms with Crippen LogP contribution in [0.25, 0.3) is 0 Å². The maximum absolute atomic E-state index is 10.9. The number of carbonyl (C=O) groups is 1. The van der Waals surface area contributed by atoms with Crippen molar-refractivity contribution < 1.29 is 4.79 Å². The number of piperidine rings is 1. The van der Waals surface area contributed by atoms with E-state index in [1.54, 1.807) is 0 Å². The van der Waals surface area contributed by atoms with E-state index in [0.29, 0.717) is 12.0 Å². The fraction of sp³-hybridized carbons (Fsp3) is 0.833. The van der Waals surface area contributed by atoms with Crippen LogP contribution in [0.2, 0.25) is 0 Å². The Kier molecular flexibility index (Phi) is 0.990. The quantitative estimate of drug-likeness (QED) is 0.441. The zero-order valence-corrected chi connectivity index (χ0v) is 5.18. The summed E-state index contributed by atoms with van der Waals surface area (Å²) >= 11 is 0. The van der Waals surface area contributed by atoms with E-state index in [4.69, 9.17) is 0 Å². The SMILES string of the molecule is O=C1NCCC2NCC12. The molecule has 3 nitrogen and oxygen atoms in total. The van der Waals surface area contributed by atoms with Crippen LogP contribution in [0.4, 0.5) is 0 Å². The third kappa shape index (κ3) is 0.645. The van der Waals surface area contributed by atoms with Gasteiger partial charge in [-0.15, -0.1) is 0 Å². The van der Waals surface area contributed by atoms with Crippen molar-refractivity contribution in [3.05, 3.63) is 0 Å². The summed E-state index contributed by atoms with van der Waals surface area (Å²) < 4.78 is 0. The monoisotopic (exact) mass is 126 g/mol. The lowest BCUT2D eigenvalue weighted by molar-refractivity contribution is -0.130. The number of hydrogen-bond donors (Lipinski definition) is 2. The molecule has 2 unspecified atom stereocenters. The molecule has 1 amide bonds. The van der Waals surface area contributed by atoms with Crippen LogP contribution >= 0.6 is 0 Å². The molecule has 0 aromatic carbocycles. The van der Waals surface area contributed by atoms with Gasteiger partial charge >= 0.3 is 0 Å². The van der Waals surface area contributed by atoms with Crippen molar-refractivity contribution in [1.82, 2.24) is 10.6 Å². The molecule has 0 aliphatic carbocycles. The molecule has 0 bridgehead atoms. The highest BCUT2D eigenvalue weighted by Crippen LogP contribution is 2.18. The van der Waals surface area contributed by atoms with Gasteiger partial charge in [0.1, 0.15) is 0 Å². The van der Waals surface area contributed by atoms with Gasteiger partial charge < -0.3 is 10.6 Å². The molecule has 2 atom stereocenters. The summed E-state index contributed by atoms with van der Waals surface area (Å²) in [5, 5.41) is 6.05. The van der Waals surface area contributed by atoms with Crippen LogP contribution in [-0.4, -0.2) is 25.0 Å². The Hall–Kier alpha value is -0.570. The van der Waals surface area contributed by atoms with Gasteiger partial charge in [0.05, 0.1) is 5.92 Å². The maximum atomic E-state index is 10.9. The molecular formula is C6H10N2O. The lowest BCUT2D eigenvalue weighted by Gasteiger charge is -2.40. The van der Waals surface area contributed by atoms with Gasteiger partial charge in [-0.05, 0) is 6.42 Å². The molecule has 0 saturated carbocycles. The van der Waals surface area contributed by atoms with Crippen LogP contribution in [0.1, 0.15) is 6.42 Å². The van der Waals surface area contributed by atoms with Crippen molar-refractivity contribution in [1.29, 1.82) is 0 Å². The number of carbonyl (C=O) groups excluding carboxylic acids is 1. The summed E-state index contributed by atoms with van der Waals surface area (Å²) in [6.07, 6.45) is 1.11. The zero-order valence-electron chi connectivity index (χ0n) is 5.18. The Morgan fingerprint density at radius 3 is 2.89 bits per heavy atom. The first-order valence-electron chi connectivity index (χ1n) is 3.39. The molecule has 0 aromatic rings. The van der Waals surface area contributed by atoms with Crippen LogP contribution in [0.3, 0.4) is 0 Å². The molecule has 0 radical (unpaired) electrons. The summed E-state index contributed by atoms with van der Waals surface area (Å²) in [4.78, 5) is 10.9. The highest BCUT2D eigenvalue weighted by molar-refractivity contribution is 5.81. The van der Waals surface area contributed by atoms with Crippen LogP contribution in [0.15, 0.2) is 0 Å². The third-order valence-electron chi connectivity index (χ3n) is 2.18. The van der Waals surface area contributed by atoms with E-state index < -0.39 is 0 Å². The van der Waals surface area contributed by atoms with Gasteiger partial charge in [-0.2, -0.15) is 0 Å². The minimum atomic E-state index is 0.241. The minimum Gasteiger partial charge on any atom is -0.356 e. The number of amides is 1. The first-order valence-corrected chi connectivity index (χ1v) is 3.39. The smallest absolute Gasteiger partial charge is 0.225 e. The van der Waals surface area contributed by atoms with Crippen molar-refractivity contribution in [2.45, 2.75) is 12.5 Å². The average Bonchev–Trinajstić information content (AvgIpc) is 1.74. The molecule has 2 rings (SSSR count). The lowest BCUT2D eigenvalue weighted by Crippen LogP contribution is -2.63. The third-order valence-corrected chi connectivity index (χ3v) is 2.18. The predicted molar refractivity (Wildman–Crippen MR) is 32.9 cm³/mol. The largest absolute Gasteiger partial charge is 0.356 e. The van der Waals surface area contributed by atoms with Crippen molar-refractivity contribution >= 4 is 5.91 Å². The topological polar surface area (TPSA) is 41.1 Å². The Morgan fingerprint density at radius 2 is 2.44 bits per heavy atom. The van der Waals surface area contributed by atoms with Gasteiger partial charge in [0.25, 0.3) is 0 Å². The second-order valence-electron chi connectivity index (χ2n) is 2.70. The van der Waals surface area contributed by atoms with Crippen molar-refractivity contribution in [2.75, 3.05) is 13.1 Å². The fourth-order valence-corrected chi connectivity index (χ4v) is 1.46. The van der Waals surface area contributed by atoms with Gasteiger partial charge in [-0.1, -0.05) is 0 Å². The minimum absolute atomic E-state index is 0.241. The lowest BCUT2D eigenvalue weighted by atomic mass is 9.86. The van der Waals surface area contributed by atoms with Gasteiger partial charge in [0, 0.05) is 19.1 Å². The van der Waals surface area contributed by atoms with Crippen molar-refractivity contribution in [2.24, 2.45) is 5.92 Å². The van der Waals surface area contributed by atoms with Crippen LogP contribution < -0.4 is 10.6 Å². The van der Waals surface area contributed by atoms with Crippen molar-refractivity contribution in [3.63, 3.8) is 0 Å². The molecule has 2 aliphatic rings. The first kappa shape index (κ1) is 5.23. The standard InChI is InChI=1S/C6H10N2O/c9-6-4-3-8-5(4)1-2-7-6/h4-5,8H,1-3H2,(H,7,9). The molecule has 2 aliphatic heterocycles. The molecule has 2 heterocycles. The van der Waals surface area contributed by atoms with Gasteiger partial charge in [-0.3, -0.25) is 4.79 Å². The molecule has 2 fully saturated rings. The zero-order chi connectivity index (χ0) is 6.27. The Balaban J connectivity index is 2.06. The molecule has 0 spiro atoms. The summed E-state index contributed by atoms with van der Waals surface area (Å²) in [5.41, 5.74) is 0. The average molecular weight is 126 g/mol. The molecule has 9 heavy (non-hydrogen) atoms. The maximum Gasteiger partial charge on any atom is 0.225 e. The Bertz CT molecular complexity index is 146. The molecule has 0 aromatic heterocycles. The van der Waals surface area contributed by atoms with E-state index in [9.17, 15) is 4.79 Å². The fourth-order valence-electron chi connectivity index (χ4n) is 1.46. The Morgan fingerprint density at radius 1 is 1.56 bits per heavy atom. The van der Waals surface area contributed by atoms with E-state index >= 15 is 0 Å². The normalized spacial score (nSPS) is 40.7. The van der Waals surface area contributed by atoms with Crippen LogP contribution in [0, 0.1) is 5.92 Å². The van der Waals surface area contributed by atoms with E-state index in [1.165, 1.54) is 0 Å². The van der Waals surface area contributed by atoms with E-state index in [0.717, 1.165) is 19.5 Å². The summed E-state index contributed by atoms with van der Waals surface area (Å²) in [6.45, 7) is 1.74. The molecule has 2 saturated heterocycles. The van der Waals surface area contributed by atoms with Crippen LogP contribution in [-0.2, 0) is 4.79 Å². The number of nitrogens with one attached hydrogen (secondary N) is 2.